The van der Waals surface area contributed by atoms with E-state index < -0.39 is 11.9 Å². The highest BCUT2D eigenvalue weighted by atomic mass is 16.5. The number of carboxylic acid groups (broad SMARTS) is 1. The molecule has 0 bridgehead atoms. The van der Waals surface area contributed by atoms with E-state index in [4.69, 9.17) is 9.84 Å². The molecule has 1 aromatic heterocycles. The molecule has 7 heteroatoms. The fraction of sp³-hybridized carbons (Fsp3) is 0.538. The Morgan fingerprint density at radius 2 is 1.85 bits per heavy atom. The smallest absolute Gasteiger partial charge is 0.356 e. The number of nitrogens with one attached hydrogen (secondary N) is 1. The minimum atomic E-state index is -1.18. The number of amides is 1. The van der Waals surface area contributed by atoms with Gasteiger partial charge in [0.1, 0.15) is 5.69 Å². The van der Waals surface area contributed by atoms with Crippen LogP contribution in [-0.4, -0.2) is 46.7 Å². The number of aromatic carboxylic acids is 1. The van der Waals surface area contributed by atoms with Crippen molar-refractivity contribution >= 4 is 11.9 Å². The summed E-state index contributed by atoms with van der Waals surface area (Å²) in [6.07, 6.45) is 2.05. The molecule has 110 valence electrons. The first kappa shape index (κ1) is 16.0. The Balaban J connectivity index is 2.65. The van der Waals surface area contributed by atoms with Gasteiger partial charge in [-0.25, -0.2) is 14.8 Å². The van der Waals surface area contributed by atoms with Crippen LogP contribution in [0.25, 0.3) is 0 Å². The summed E-state index contributed by atoms with van der Waals surface area (Å²) in [4.78, 5) is 29.9. The molecule has 1 atom stereocenters. The van der Waals surface area contributed by atoms with Crippen LogP contribution in [0.2, 0.25) is 0 Å². The summed E-state index contributed by atoms with van der Waals surface area (Å²) in [6, 6.07) is 0. The maximum atomic E-state index is 11.9. The van der Waals surface area contributed by atoms with Crippen LogP contribution >= 0.6 is 0 Å². The lowest BCUT2D eigenvalue weighted by Gasteiger charge is -2.29. The van der Waals surface area contributed by atoms with Gasteiger partial charge in [0.25, 0.3) is 5.91 Å². The molecule has 0 radical (unpaired) electrons. The van der Waals surface area contributed by atoms with Crippen LogP contribution in [-0.2, 0) is 4.74 Å². The van der Waals surface area contributed by atoms with Gasteiger partial charge in [-0.3, -0.25) is 4.79 Å². The Hall–Kier alpha value is -2.02. The molecule has 1 unspecified atom stereocenters. The van der Waals surface area contributed by atoms with E-state index in [9.17, 15) is 9.59 Å². The second-order valence-corrected chi connectivity index (χ2v) is 5.39. The van der Waals surface area contributed by atoms with Gasteiger partial charge in [-0.15, -0.1) is 0 Å². The SMILES string of the molecule is COC(CNC(=O)c1cnc(C(=O)O)cn1)C(C)(C)C. The third kappa shape index (κ3) is 4.27. The highest BCUT2D eigenvalue weighted by Gasteiger charge is 2.25. The second-order valence-electron chi connectivity index (χ2n) is 5.39. The summed E-state index contributed by atoms with van der Waals surface area (Å²) < 4.78 is 5.32. The normalized spacial score (nSPS) is 12.8. The molecule has 1 aromatic rings. The van der Waals surface area contributed by atoms with Gasteiger partial charge in [0.2, 0.25) is 0 Å². The average Bonchev–Trinajstić information content (AvgIpc) is 2.37. The average molecular weight is 281 g/mol. The second kappa shape index (κ2) is 6.42. The van der Waals surface area contributed by atoms with Crippen molar-refractivity contribution < 1.29 is 19.4 Å². The van der Waals surface area contributed by atoms with E-state index in [0.717, 1.165) is 12.4 Å². The summed E-state index contributed by atoms with van der Waals surface area (Å²) in [5, 5.41) is 11.4. The van der Waals surface area contributed by atoms with Crippen LogP contribution in [0.1, 0.15) is 41.7 Å². The lowest BCUT2D eigenvalue weighted by atomic mass is 9.89. The standard InChI is InChI=1S/C13H19N3O4/c1-13(2,3)10(20-4)7-16-11(17)8-5-15-9(6-14-8)12(18)19/h5-6,10H,7H2,1-4H3,(H,16,17)(H,18,19). The summed E-state index contributed by atoms with van der Waals surface area (Å²) >= 11 is 0. The zero-order valence-corrected chi connectivity index (χ0v) is 12.0. The Bertz CT molecular complexity index is 479. The number of hydrogen-bond donors (Lipinski definition) is 2. The van der Waals surface area contributed by atoms with E-state index in [-0.39, 0.29) is 22.9 Å². The molecular weight excluding hydrogens is 262 g/mol. The van der Waals surface area contributed by atoms with E-state index in [1.54, 1.807) is 7.11 Å². The van der Waals surface area contributed by atoms with E-state index in [2.05, 4.69) is 15.3 Å². The molecule has 0 saturated heterocycles. The molecule has 0 aliphatic rings. The molecule has 0 aromatic carbocycles. The van der Waals surface area contributed by atoms with Gasteiger partial charge in [0.15, 0.2) is 5.69 Å². The van der Waals surface area contributed by atoms with Crippen LogP contribution in [0, 0.1) is 5.41 Å². The Kier molecular flexibility index (Phi) is 5.15. The van der Waals surface area contributed by atoms with E-state index in [1.807, 2.05) is 20.8 Å². The van der Waals surface area contributed by atoms with E-state index in [0.29, 0.717) is 6.54 Å². The molecule has 0 spiro atoms. The number of carbonyl (C=O) groups excluding carboxylic acids is 1. The van der Waals surface area contributed by atoms with Gasteiger partial charge < -0.3 is 15.2 Å². The van der Waals surface area contributed by atoms with Crippen molar-refractivity contribution in [2.75, 3.05) is 13.7 Å². The number of carbonyl (C=O) groups is 2. The third-order valence-corrected chi connectivity index (χ3v) is 2.80. The molecule has 20 heavy (non-hydrogen) atoms. The summed E-state index contributed by atoms with van der Waals surface area (Å²) in [5.74, 6) is -1.60. The molecule has 1 rings (SSSR count). The third-order valence-electron chi connectivity index (χ3n) is 2.80. The van der Waals surface area contributed by atoms with Crippen LogP contribution in [0.3, 0.4) is 0 Å². The van der Waals surface area contributed by atoms with Crippen molar-refractivity contribution in [1.82, 2.24) is 15.3 Å². The van der Waals surface area contributed by atoms with Gasteiger partial charge in [-0.05, 0) is 5.41 Å². The Morgan fingerprint density at radius 1 is 1.30 bits per heavy atom. The van der Waals surface area contributed by atoms with Crippen molar-refractivity contribution in [1.29, 1.82) is 0 Å². The summed E-state index contributed by atoms with van der Waals surface area (Å²) in [5.41, 5.74) is -0.245. The number of nitrogens with zero attached hydrogens (tertiary/aromatic N) is 2. The van der Waals surface area contributed by atoms with Crippen LogP contribution < -0.4 is 5.32 Å². The van der Waals surface area contributed by atoms with Crippen LogP contribution in [0.4, 0.5) is 0 Å². The van der Waals surface area contributed by atoms with Gasteiger partial charge in [-0.2, -0.15) is 0 Å². The van der Waals surface area contributed by atoms with Crippen LogP contribution in [0.15, 0.2) is 12.4 Å². The Labute approximate surface area is 117 Å². The first-order chi connectivity index (χ1) is 9.25. The topological polar surface area (TPSA) is 101 Å². The quantitative estimate of drug-likeness (QED) is 0.833. The number of methoxy groups -OCH3 is 1. The molecule has 0 saturated carbocycles. The monoisotopic (exact) mass is 281 g/mol. The highest BCUT2D eigenvalue weighted by Crippen LogP contribution is 2.20. The van der Waals surface area contributed by atoms with Crippen molar-refractivity contribution in [2.24, 2.45) is 5.41 Å². The molecule has 0 aliphatic heterocycles. The molecule has 0 aliphatic carbocycles. The molecule has 0 fully saturated rings. The number of rotatable bonds is 5. The lowest BCUT2D eigenvalue weighted by Crippen LogP contribution is -2.40. The van der Waals surface area contributed by atoms with Gasteiger partial charge in [0, 0.05) is 13.7 Å². The van der Waals surface area contributed by atoms with Gasteiger partial charge >= 0.3 is 5.97 Å². The first-order valence-electron chi connectivity index (χ1n) is 6.12. The fourth-order valence-corrected chi connectivity index (χ4v) is 1.57. The molecule has 1 amide bonds. The van der Waals surface area contributed by atoms with Crippen molar-refractivity contribution in [2.45, 2.75) is 26.9 Å². The zero-order valence-electron chi connectivity index (χ0n) is 12.0. The van der Waals surface area contributed by atoms with Gasteiger partial charge in [0.05, 0.1) is 18.5 Å². The molecule has 1 heterocycles. The molecule has 2 N–H and O–H groups in total. The number of ether oxygens (including phenoxy) is 1. The maximum absolute atomic E-state index is 11.9. The molecule has 7 nitrogen and oxygen atoms in total. The number of hydrogen-bond acceptors (Lipinski definition) is 5. The summed E-state index contributed by atoms with van der Waals surface area (Å²) in [6.45, 7) is 6.36. The van der Waals surface area contributed by atoms with Gasteiger partial charge in [-0.1, -0.05) is 20.8 Å². The number of carboxylic acids is 1. The zero-order chi connectivity index (χ0) is 15.3. The van der Waals surface area contributed by atoms with Crippen molar-refractivity contribution in [3.8, 4) is 0 Å². The predicted molar refractivity (Wildman–Crippen MR) is 71.6 cm³/mol. The largest absolute Gasteiger partial charge is 0.476 e. The van der Waals surface area contributed by atoms with E-state index in [1.165, 1.54) is 0 Å². The highest BCUT2D eigenvalue weighted by molar-refractivity contribution is 5.92. The summed E-state index contributed by atoms with van der Waals surface area (Å²) in [7, 11) is 1.59. The minimum Gasteiger partial charge on any atom is -0.476 e. The minimum absolute atomic E-state index is 0.0683. The van der Waals surface area contributed by atoms with Crippen molar-refractivity contribution in [3.63, 3.8) is 0 Å². The van der Waals surface area contributed by atoms with Crippen molar-refractivity contribution in [3.05, 3.63) is 23.8 Å². The van der Waals surface area contributed by atoms with E-state index >= 15 is 0 Å². The fourth-order valence-electron chi connectivity index (χ4n) is 1.57. The van der Waals surface area contributed by atoms with Crippen LogP contribution in [0.5, 0.6) is 0 Å². The Morgan fingerprint density at radius 3 is 2.25 bits per heavy atom. The first-order valence-corrected chi connectivity index (χ1v) is 6.12. The maximum Gasteiger partial charge on any atom is 0.356 e. The molecular formula is C13H19N3O4. The lowest BCUT2D eigenvalue weighted by molar-refractivity contribution is 0.0175. The number of aromatic nitrogens is 2. The predicted octanol–water partition coefficient (Wildman–Crippen LogP) is 0.966.